The number of hydrogen-bond donors (Lipinski definition) is 1. The number of likely N-dealkylation sites (tertiary alicyclic amines) is 1. The van der Waals surface area contributed by atoms with Crippen molar-refractivity contribution < 1.29 is 27.9 Å². The van der Waals surface area contributed by atoms with Crippen LogP contribution in [-0.4, -0.2) is 59.8 Å². The third-order valence-corrected chi connectivity index (χ3v) is 2.56. The molecular weight excluding hydrogens is 241 g/mol. The highest BCUT2D eigenvalue weighted by atomic mass is 19.4. The van der Waals surface area contributed by atoms with Gasteiger partial charge in [0.25, 0.3) is 0 Å². The Morgan fingerprint density at radius 2 is 1.94 bits per heavy atom. The first-order valence-corrected chi connectivity index (χ1v) is 5.00. The van der Waals surface area contributed by atoms with Gasteiger partial charge in [-0.05, 0) is 0 Å². The number of carboxylic acids is 1. The van der Waals surface area contributed by atoms with Crippen LogP contribution in [0, 0.1) is 5.92 Å². The van der Waals surface area contributed by atoms with Crippen molar-refractivity contribution in [2.75, 3.05) is 26.7 Å². The quantitative estimate of drug-likeness (QED) is 0.817. The molecule has 98 valence electrons. The largest absolute Gasteiger partial charge is 0.481 e. The number of carboxylic acid groups (broad SMARTS) is 1. The van der Waals surface area contributed by atoms with Crippen molar-refractivity contribution in [1.29, 1.82) is 0 Å². The van der Waals surface area contributed by atoms with Crippen LogP contribution in [0.15, 0.2) is 0 Å². The first-order chi connectivity index (χ1) is 7.70. The van der Waals surface area contributed by atoms with Gasteiger partial charge in [-0.25, -0.2) is 4.79 Å². The number of alkyl halides is 3. The molecular formula is C9H13F3N2O3. The van der Waals surface area contributed by atoms with Gasteiger partial charge in [-0.2, -0.15) is 13.2 Å². The van der Waals surface area contributed by atoms with Gasteiger partial charge in [-0.15, -0.1) is 0 Å². The lowest BCUT2D eigenvalue weighted by atomic mass is 10.0. The number of carbonyl (C=O) groups excluding carboxylic acids is 1. The van der Waals surface area contributed by atoms with Gasteiger partial charge in [0.05, 0.1) is 12.3 Å². The van der Waals surface area contributed by atoms with E-state index in [4.69, 9.17) is 5.11 Å². The van der Waals surface area contributed by atoms with Gasteiger partial charge in [0.2, 0.25) is 0 Å². The van der Waals surface area contributed by atoms with Crippen molar-refractivity contribution in [1.82, 2.24) is 9.80 Å². The Labute approximate surface area is 95.8 Å². The normalized spacial score (nSPS) is 16.6. The molecule has 1 N–H and O–H groups in total. The maximum Gasteiger partial charge on any atom is 0.390 e. The van der Waals surface area contributed by atoms with Gasteiger partial charge < -0.3 is 14.9 Å². The summed E-state index contributed by atoms with van der Waals surface area (Å²) in [5, 5.41) is 8.58. The SMILES string of the molecule is CN(CCC(F)(F)F)C(=O)N1CC(C(=O)O)C1. The van der Waals surface area contributed by atoms with Gasteiger partial charge in [0, 0.05) is 26.7 Å². The van der Waals surface area contributed by atoms with Crippen LogP contribution in [0.2, 0.25) is 0 Å². The Morgan fingerprint density at radius 3 is 2.35 bits per heavy atom. The molecule has 0 radical (unpaired) electrons. The summed E-state index contributed by atoms with van der Waals surface area (Å²) in [6.07, 6.45) is -5.36. The van der Waals surface area contributed by atoms with Crippen molar-refractivity contribution in [3.63, 3.8) is 0 Å². The summed E-state index contributed by atoms with van der Waals surface area (Å²) in [5.74, 6) is -1.60. The lowest BCUT2D eigenvalue weighted by molar-refractivity contribution is -0.146. The maximum absolute atomic E-state index is 11.9. The predicted molar refractivity (Wildman–Crippen MR) is 51.4 cm³/mol. The van der Waals surface area contributed by atoms with Crippen molar-refractivity contribution >= 4 is 12.0 Å². The van der Waals surface area contributed by atoms with E-state index in [9.17, 15) is 22.8 Å². The zero-order chi connectivity index (χ0) is 13.2. The van der Waals surface area contributed by atoms with Crippen molar-refractivity contribution in [2.24, 2.45) is 5.92 Å². The Bertz CT molecular complexity index is 313. The van der Waals surface area contributed by atoms with E-state index in [1.54, 1.807) is 0 Å². The van der Waals surface area contributed by atoms with Gasteiger partial charge in [0.15, 0.2) is 0 Å². The molecule has 0 atom stereocenters. The summed E-state index contributed by atoms with van der Waals surface area (Å²) in [5.41, 5.74) is 0. The van der Waals surface area contributed by atoms with Crippen LogP contribution in [-0.2, 0) is 4.79 Å². The van der Waals surface area contributed by atoms with Gasteiger partial charge in [-0.1, -0.05) is 0 Å². The predicted octanol–water partition coefficient (Wildman–Crippen LogP) is 1.01. The molecule has 0 bridgehead atoms. The van der Waals surface area contributed by atoms with Gasteiger partial charge in [-0.3, -0.25) is 4.79 Å². The molecule has 1 heterocycles. The number of aliphatic carboxylic acids is 1. The highest BCUT2D eigenvalue weighted by Crippen LogP contribution is 2.21. The number of urea groups is 1. The Hall–Kier alpha value is -1.47. The highest BCUT2D eigenvalue weighted by Gasteiger charge is 2.37. The van der Waals surface area contributed by atoms with Gasteiger partial charge >= 0.3 is 18.2 Å². The number of hydrogen-bond acceptors (Lipinski definition) is 2. The number of rotatable bonds is 3. The minimum atomic E-state index is -4.30. The molecule has 1 rings (SSSR count). The molecule has 1 saturated heterocycles. The van der Waals surface area contributed by atoms with Crippen LogP contribution in [0.3, 0.4) is 0 Å². The van der Waals surface area contributed by atoms with Crippen molar-refractivity contribution in [3.8, 4) is 0 Å². The van der Waals surface area contributed by atoms with Gasteiger partial charge in [0.1, 0.15) is 0 Å². The molecule has 8 heteroatoms. The van der Waals surface area contributed by atoms with Crippen LogP contribution >= 0.6 is 0 Å². The molecule has 0 spiro atoms. The first kappa shape index (κ1) is 13.6. The molecule has 1 aliphatic rings. The molecule has 0 aliphatic carbocycles. The fourth-order valence-electron chi connectivity index (χ4n) is 1.42. The summed E-state index contributed by atoms with van der Waals surface area (Å²) < 4.78 is 35.7. The second-order valence-electron chi connectivity index (χ2n) is 4.01. The summed E-state index contributed by atoms with van der Waals surface area (Å²) in [6, 6.07) is -0.563. The zero-order valence-electron chi connectivity index (χ0n) is 9.20. The average molecular weight is 254 g/mol. The summed E-state index contributed by atoms with van der Waals surface area (Å²) >= 11 is 0. The molecule has 17 heavy (non-hydrogen) atoms. The molecule has 1 fully saturated rings. The van der Waals surface area contributed by atoms with Crippen molar-refractivity contribution in [3.05, 3.63) is 0 Å². The van der Waals surface area contributed by atoms with E-state index in [1.165, 1.54) is 11.9 Å². The average Bonchev–Trinajstić information content (AvgIpc) is 2.09. The monoisotopic (exact) mass is 254 g/mol. The molecule has 0 aromatic rings. The highest BCUT2D eigenvalue weighted by molar-refractivity contribution is 5.79. The molecule has 0 unspecified atom stereocenters. The number of nitrogens with zero attached hydrogens (tertiary/aromatic N) is 2. The maximum atomic E-state index is 11.9. The lowest BCUT2D eigenvalue weighted by Gasteiger charge is -2.39. The standard InChI is InChI=1S/C9H13F3N2O3/c1-13(3-2-9(10,11)12)8(17)14-4-6(5-14)7(15)16/h6H,2-5H2,1H3,(H,15,16). The van der Waals surface area contributed by atoms with E-state index in [-0.39, 0.29) is 13.1 Å². The van der Waals surface area contributed by atoms with Crippen molar-refractivity contribution in [2.45, 2.75) is 12.6 Å². The van der Waals surface area contributed by atoms with Crippen LogP contribution in [0.25, 0.3) is 0 Å². The molecule has 5 nitrogen and oxygen atoms in total. The number of amides is 2. The van der Waals surface area contributed by atoms with E-state index in [2.05, 4.69) is 0 Å². The van der Waals surface area contributed by atoms with E-state index < -0.39 is 37.1 Å². The fraction of sp³-hybridized carbons (Fsp3) is 0.778. The van der Waals surface area contributed by atoms with E-state index in [0.717, 1.165) is 4.90 Å². The molecule has 0 saturated carbocycles. The summed E-state index contributed by atoms with van der Waals surface area (Å²) in [7, 11) is 1.27. The summed E-state index contributed by atoms with van der Waals surface area (Å²) in [6.45, 7) is -0.300. The second-order valence-corrected chi connectivity index (χ2v) is 4.01. The zero-order valence-corrected chi connectivity index (χ0v) is 9.20. The fourth-order valence-corrected chi connectivity index (χ4v) is 1.42. The lowest BCUT2D eigenvalue weighted by Crippen LogP contribution is -2.56. The Morgan fingerprint density at radius 1 is 1.41 bits per heavy atom. The van der Waals surface area contributed by atoms with Crippen LogP contribution in [0.5, 0.6) is 0 Å². The topological polar surface area (TPSA) is 60.9 Å². The van der Waals surface area contributed by atoms with E-state index in [1.807, 2.05) is 0 Å². The molecule has 2 amide bonds. The molecule has 0 aromatic carbocycles. The smallest absolute Gasteiger partial charge is 0.390 e. The van der Waals surface area contributed by atoms with E-state index in [0.29, 0.717) is 0 Å². The summed E-state index contributed by atoms with van der Waals surface area (Å²) in [4.78, 5) is 24.1. The van der Waals surface area contributed by atoms with Crippen LogP contribution in [0.1, 0.15) is 6.42 Å². The minimum Gasteiger partial charge on any atom is -0.481 e. The van der Waals surface area contributed by atoms with Crippen LogP contribution in [0.4, 0.5) is 18.0 Å². The first-order valence-electron chi connectivity index (χ1n) is 5.00. The number of halogens is 3. The molecule has 1 aliphatic heterocycles. The Kier molecular flexibility index (Phi) is 3.84. The third-order valence-electron chi connectivity index (χ3n) is 2.56. The number of carbonyl (C=O) groups is 2. The minimum absolute atomic E-state index is 0.0600. The Balaban J connectivity index is 2.32. The molecule has 0 aromatic heterocycles. The third kappa shape index (κ3) is 3.79. The van der Waals surface area contributed by atoms with E-state index >= 15 is 0 Å². The van der Waals surface area contributed by atoms with Crippen LogP contribution < -0.4 is 0 Å². The second kappa shape index (κ2) is 4.80.